The number of aryl methyl sites for hydroxylation is 1. The van der Waals surface area contributed by atoms with E-state index >= 15 is 0 Å². The van der Waals surface area contributed by atoms with Gasteiger partial charge >= 0.3 is 12.1 Å². The number of rotatable bonds is 6. The fraction of sp³-hybridized carbons (Fsp3) is 0.294. The van der Waals surface area contributed by atoms with E-state index < -0.39 is 48.6 Å². The van der Waals surface area contributed by atoms with E-state index in [2.05, 4.69) is 15.6 Å². The largest absolute Gasteiger partial charge is 0.481 e. The van der Waals surface area contributed by atoms with Crippen molar-refractivity contribution < 1.29 is 37.4 Å². The van der Waals surface area contributed by atoms with E-state index in [9.17, 15) is 32.7 Å². The average molecular weight is 650 g/mol. The Kier molecular flexibility index (Phi) is 9.54. The number of carboxylic acids is 1. The number of benzene rings is 3. The second kappa shape index (κ2) is 13.6. The number of carbonyl (C=O) groups excluding carboxylic acids is 2. The van der Waals surface area contributed by atoms with E-state index in [1.165, 1.54) is 36.2 Å². The predicted octanol–water partition coefficient (Wildman–Crippen LogP) is 6.57. The van der Waals surface area contributed by atoms with Crippen molar-refractivity contribution in [1.29, 1.82) is 0 Å². The molecule has 2 amide bonds. The average Bonchev–Trinajstić information content (AvgIpc) is 3.02. The maximum absolute atomic E-state index is 14.7. The number of carbonyl (C=O) groups is 3. The van der Waals surface area contributed by atoms with Crippen molar-refractivity contribution in [2.24, 2.45) is 0 Å². The van der Waals surface area contributed by atoms with Gasteiger partial charge in [0.2, 0.25) is 12.3 Å². The van der Waals surface area contributed by atoms with Crippen LogP contribution < -0.4 is 16.4 Å². The summed E-state index contributed by atoms with van der Waals surface area (Å²) in [6.07, 6.45) is -3.58. The molecule has 3 heterocycles. The van der Waals surface area contributed by atoms with Crippen LogP contribution >= 0.6 is 0 Å². The molecule has 0 saturated carbocycles. The number of nitrogens with two attached hydrogens (primary N) is 1. The van der Waals surface area contributed by atoms with Gasteiger partial charge in [0, 0.05) is 48.1 Å². The number of amides is 2. The molecular weight excluding hydrogens is 615 g/mol. The monoisotopic (exact) mass is 649 g/mol. The van der Waals surface area contributed by atoms with Gasteiger partial charge in [0.05, 0.1) is 18.7 Å². The zero-order valence-electron chi connectivity index (χ0n) is 25.9. The maximum atomic E-state index is 14.7. The molecule has 0 radical (unpaired) electrons. The van der Waals surface area contributed by atoms with E-state index in [1.54, 1.807) is 18.2 Å². The minimum atomic E-state index is -2.90. The zero-order chi connectivity index (χ0) is 34.0. The van der Waals surface area contributed by atoms with Crippen molar-refractivity contribution in [2.45, 2.75) is 51.1 Å². The Morgan fingerprint density at radius 1 is 1.15 bits per heavy atom. The summed E-state index contributed by atoms with van der Waals surface area (Å²) in [7, 11) is 1.50. The molecule has 0 unspecified atom stereocenters. The van der Waals surface area contributed by atoms with E-state index in [0.717, 1.165) is 17.3 Å². The van der Waals surface area contributed by atoms with Crippen LogP contribution in [-0.4, -0.2) is 53.0 Å². The number of ether oxygens (including phenoxy) is 1. The van der Waals surface area contributed by atoms with E-state index in [-0.39, 0.29) is 47.1 Å². The predicted molar refractivity (Wildman–Crippen MR) is 171 cm³/mol. The Balaban J connectivity index is 1.60. The Bertz CT molecular complexity index is 1850. The molecule has 13 heteroatoms. The first-order chi connectivity index (χ1) is 22.3. The summed E-state index contributed by atoms with van der Waals surface area (Å²) in [4.78, 5) is 44.2. The highest BCUT2D eigenvalue weighted by Gasteiger charge is 2.30. The third kappa shape index (κ3) is 7.24. The first-order valence-electron chi connectivity index (χ1n) is 14.9. The molecule has 4 aromatic rings. The van der Waals surface area contributed by atoms with Crippen LogP contribution in [0, 0.1) is 12.7 Å². The van der Waals surface area contributed by atoms with Gasteiger partial charge in [0.15, 0.2) is 0 Å². The van der Waals surface area contributed by atoms with Crippen LogP contribution in [0.25, 0.3) is 10.8 Å². The standard InChI is InChI=1S/C34H34F3N5O5/c1-17-10-19-4-7-23(17)18(2)16-47-34(46)41-21-5-8-24(27(33(44)45)13-29(36)37)20(11-21)15-42(3)32(43)30(19)40-22-6-9-25-26(12-22)28(35)14-39-31(25)38/h4-12,14,18,27,29-30,40H,13,15-16H2,1-3H3,(H2,38,39)(H,41,46)(H,44,45)/t18-,27+,30+/m0/s1. The number of hydrogen-bond donors (Lipinski definition) is 4. The summed E-state index contributed by atoms with van der Waals surface area (Å²) >= 11 is 0. The molecule has 2 aliphatic rings. The van der Waals surface area contributed by atoms with Gasteiger partial charge in [0.1, 0.15) is 17.7 Å². The van der Waals surface area contributed by atoms with Crippen LogP contribution in [0.1, 0.15) is 59.0 Å². The Labute approximate surface area is 268 Å². The van der Waals surface area contributed by atoms with Gasteiger partial charge in [-0.1, -0.05) is 31.2 Å². The minimum Gasteiger partial charge on any atom is -0.481 e. The van der Waals surface area contributed by atoms with Crippen LogP contribution in [0.5, 0.6) is 0 Å². The number of pyridine rings is 1. The minimum absolute atomic E-state index is 0.0381. The van der Waals surface area contributed by atoms with Crippen molar-refractivity contribution in [3.05, 3.63) is 94.4 Å². The van der Waals surface area contributed by atoms with Gasteiger partial charge in [-0.15, -0.1) is 0 Å². The molecule has 1 aromatic heterocycles. The van der Waals surface area contributed by atoms with Crippen LogP contribution in [0.2, 0.25) is 0 Å². The normalized spacial score (nSPS) is 17.8. The third-order valence-corrected chi connectivity index (χ3v) is 8.31. The Morgan fingerprint density at radius 3 is 2.62 bits per heavy atom. The van der Waals surface area contributed by atoms with E-state index in [4.69, 9.17) is 10.5 Å². The van der Waals surface area contributed by atoms with E-state index in [1.807, 2.05) is 26.0 Å². The second-order valence-electron chi connectivity index (χ2n) is 11.7. The molecule has 4 bridgehead atoms. The van der Waals surface area contributed by atoms with Crippen LogP contribution in [-0.2, 0) is 20.9 Å². The highest BCUT2D eigenvalue weighted by Crippen LogP contribution is 2.33. The van der Waals surface area contributed by atoms with Gasteiger partial charge in [-0.05, 0) is 65.1 Å². The zero-order valence-corrected chi connectivity index (χ0v) is 25.9. The van der Waals surface area contributed by atoms with Gasteiger partial charge < -0.3 is 25.8 Å². The summed E-state index contributed by atoms with van der Waals surface area (Å²) in [5, 5.41) is 16.3. The van der Waals surface area contributed by atoms with Gasteiger partial charge in [-0.25, -0.2) is 22.9 Å². The van der Waals surface area contributed by atoms with Crippen LogP contribution in [0.4, 0.5) is 35.2 Å². The number of anilines is 3. The molecule has 3 aromatic carbocycles. The molecule has 2 aliphatic heterocycles. The van der Waals surface area contributed by atoms with Gasteiger partial charge in [-0.2, -0.15) is 0 Å². The SMILES string of the molecule is Cc1cc2ccc1[C@@H](C)COC(=O)Nc1ccc([C@@H](CC(F)F)C(=O)O)c(c1)CN(C)C(=O)[C@@H]2Nc1ccc2c(N)ncc(F)c2c1. The lowest BCUT2D eigenvalue weighted by atomic mass is 9.90. The van der Waals surface area contributed by atoms with Crippen LogP contribution in [0.15, 0.2) is 60.8 Å². The second-order valence-corrected chi connectivity index (χ2v) is 11.7. The molecule has 0 saturated heterocycles. The number of nitrogens with zero attached hydrogens (tertiary/aromatic N) is 2. The Morgan fingerprint density at radius 2 is 1.91 bits per heavy atom. The first-order valence-corrected chi connectivity index (χ1v) is 14.9. The number of nitrogen functional groups attached to an aromatic ring is 1. The highest BCUT2D eigenvalue weighted by molar-refractivity contribution is 5.94. The third-order valence-electron chi connectivity index (χ3n) is 8.31. The Hall–Kier alpha value is -5.33. The molecule has 10 nitrogen and oxygen atoms in total. The molecule has 6 rings (SSSR count). The number of aromatic nitrogens is 1. The van der Waals surface area contributed by atoms with Gasteiger partial charge in [0.25, 0.3) is 0 Å². The van der Waals surface area contributed by atoms with E-state index in [0.29, 0.717) is 16.6 Å². The highest BCUT2D eigenvalue weighted by atomic mass is 19.3. The molecule has 0 fully saturated rings. The number of halogens is 3. The van der Waals surface area contributed by atoms with Crippen LogP contribution in [0.3, 0.4) is 0 Å². The topological polar surface area (TPSA) is 147 Å². The lowest BCUT2D eigenvalue weighted by Crippen LogP contribution is -2.35. The fourth-order valence-corrected chi connectivity index (χ4v) is 5.90. The van der Waals surface area contributed by atoms with Crippen molar-refractivity contribution in [3.63, 3.8) is 0 Å². The number of likely N-dealkylation sites (N-methyl/N-ethyl adjacent to an activating group) is 1. The number of hydrogen-bond acceptors (Lipinski definition) is 7. The molecule has 0 spiro atoms. The molecule has 246 valence electrons. The quantitative estimate of drug-likeness (QED) is 0.184. The molecule has 3 atom stereocenters. The van der Waals surface area contributed by atoms with Crippen molar-refractivity contribution in [3.8, 4) is 0 Å². The number of carboxylic acid groups (broad SMARTS) is 1. The fourth-order valence-electron chi connectivity index (χ4n) is 5.90. The lowest BCUT2D eigenvalue weighted by Gasteiger charge is -2.28. The summed E-state index contributed by atoms with van der Waals surface area (Å²) in [6, 6.07) is 13.4. The molecule has 0 aliphatic carbocycles. The molecular formula is C34H34F3N5O5. The number of nitrogens with one attached hydrogen (secondary N) is 2. The number of fused-ring (bicyclic) bond motifs is 10. The maximum Gasteiger partial charge on any atom is 0.411 e. The molecule has 5 N–H and O–H groups in total. The summed E-state index contributed by atoms with van der Waals surface area (Å²) in [5.74, 6) is -4.12. The number of alkyl halides is 2. The summed E-state index contributed by atoms with van der Waals surface area (Å²) in [5.41, 5.74) is 9.21. The summed E-state index contributed by atoms with van der Waals surface area (Å²) in [6.45, 7) is 3.61. The smallest absolute Gasteiger partial charge is 0.411 e. The lowest BCUT2D eigenvalue weighted by molar-refractivity contribution is -0.139. The van der Waals surface area contributed by atoms with Crippen molar-refractivity contribution in [1.82, 2.24) is 9.88 Å². The molecule has 47 heavy (non-hydrogen) atoms. The summed E-state index contributed by atoms with van der Waals surface area (Å²) < 4.78 is 47.1. The van der Waals surface area contributed by atoms with Crippen molar-refractivity contribution >= 4 is 45.9 Å². The first kappa shape index (κ1) is 33.0. The number of aliphatic carboxylic acids is 1. The van der Waals surface area contributed by atoms with Crippen molar-refractivity contribution in [2.75, 3.05) is 30.0 Å². The van der Waals surface area contributed by atoms with Gasteiger partial charge in [-0.3, -0.25) is 14.9 Å².